The van der Waals surface area contributed by atoms with Crippen LogP contribution >= 0.6 is 0 Å². The molecule has 0 aliphatic heterocycles. The molecule has 0 saturated heterocycles. The smallest absolute Gasteiger partial charge is 0.134 e. The molecule has 0 radical (unpaired) electrons. The molecule has 2 aromatic rings. The molecule has 0 amide bonds. The summed E-state index contributed by atoms with van der Waals surface area (Å²) in [6, 6.07) is 5.94. The van der Waals surface area contributed by atoms with Gasteiger partial charge in [-0.1, -0.05) is 13.0 Å². The van der Waals surface area contributed by atoms with Crippen LogP contribution in [0.1, 0.15) is 19.2 Å². The molecule has 2 heterocycles. The van der Waals surface area contributed by atoms with Crippen molar-refractivity contribution in [3.63, 3.8) is 0 Å². The molecule has 0 aliphatic rings. The summed E-state index contributed by atoms with van der Waals surface area (Å²) in [4.78, 5) is 4.49. The van der Waals surface area contributed by atoms with E-state index in [9.17, 15) is 0 Å². The number of anilines is 2. The molecule has 2 rings (SSSR count). The van der Waals surface area contributed by atoms with Gasteiger partial charge in [0.2, 0.25) is 0 Å². The van der Waals surface area contributed by atoms with Crippen molar-refractivity contribution in [2.75, 3.05) is 23.7 Å². The zero-order chi connectivity index (χ0) is 13.5. The van der Waals surface area contributed by atoms with Gasteiger partial charge in [0.25, 0.3) is 0 Å². The fourth-order valence-electron chi connectivity index (χ4n) is 1.72. The normalized spacial score (nSPS) is 10.4. The Labute approximate surface area is 113 Å². The maximum absolute atomic E-state index is 4.49. The molecule has 6 nitrogen and oxygen atoms in total. The second-order valence-electron chi connectivity index (χ2n) is 4.37. The highest BCUT2D eigenvalue weighted by Crippen LogP contribution is 2.09. The lowest BCUT2D eigenvalue weighted by Crippen LogP contribution is -2.10. The van der Waals surface area contributed by atoms with Crippen molar-refractivity contribution in [1.82, 2.24) is 19.7 Å². The van der Waals surface area contributed by atoms with Crippen molar-refractivity contribution in [3.8, 4) is 0 Å². The van der Waals surface area contributed by atoms with E-state index in [2.05, 4.69) is 32.7 Å². The van der Waals surface area contributed by atoms with E-state index in [-0.39, 0.29) is 0 Å². The topological polar surface area (TPSA) is 67.7 Å². The van der Waals surface area contributed by atoms with Gasteiger partial charge in [-0.3, -0.25) is 0 Å². The lowest BCUT2D eigenvalue weighted by atomic mass is 10.3. The molecule has 0 fully saturated rings. The first kappa shape index (κ1) is 13.3. The second kappa shape index (κ2) is 6.72. The average Bonchev–Trinajstić information content (AvgIpc) is 2.83. The van der Waals surface area contributed by atoms with Gasteiger partial charge >= 0.3 is 0 Å². The zero-order valence-electron chi connectivity index (χ0n) is 11.4. The molecule has 0 spiro atoms. The van der Waals surface area contributed by atoms with Gasteiger partial charge in [-0.2, -0.15) is 0 Å². The molecule has 0 unspecified atom stereocenters. The van der Waals surface area contributed by atoms with Gasteiger partial charge in [0.1, 0.15) is 23.8 Å². The first-order chi connectivity index (χ1) is 9.29. The zero-order valence-corrected chi connectivity index (χ0v) is 11.4. The number of aryl methyl sites for hydroxylation is 1. The fraction of sp³-hybridized carbons (Fsp3) is 0.462. The summed E-state index contributed by atoms with van der Waals surface area (Å²) in [6.45, 7) is 3.86. The van der Waals surface area contributed by atoms with E-state index >= 15 is 0 Å². The Balaban J connectivity index is 1.84. The van der Waals surface area contributed by atoms with Crippen molar-refractivity contribution in [1.29, 1.82) is 0 Å². The van der Waals surface area contributed by atoms with E-state index in [1.54, 1.807) is 6.33 Å². The van der Waals surface area contributed by atoms with Crippen LogP contribution in [0.4, 0.5) is 11.6 Å². The average molecular weight is 260 g/mol. The third-order valence-electron chi connectivity index (χ3n) is 2.77. The van der Waals surface area contributed by atoms with Crippen molar-refractivity contribution >= 4 is 11.6 Å². The van der Waals surface area contributed by atoms with Gasteiger partial charge in [-0.25, -0.2) is 4.98 Å². The SMILES string of the molecule is CCCNc1cccc(NCCc2nncn2C)n1. The lowest BCUT2D eigenvalue weighted by molar-refractivity contribution is 0.787. The summed E-state index contributed by atoms with van der Waals surface area (Å²) >= 11 is 0. The summed E-state index contributed by atoms with van der Waals surface area (Å²) in [6.07, 6.45) is 3.62. The molecule has 2 N–H and O–H groups in total. The van der Waals surface area contributed by atoms with Gasteiger partial charge in [-0.15, -0.1) is 10.2 Å². The van der Waals surface area contributed by atoms with E-state index in [1.807, 2.05) is 29.8 Å². The maximum Gasteiger partial charge on any atom is 0.134 e. The molecule has 0 saturated carbocycles. The van der Waals surface area contributed by atoms with Crippen LogP contribution in [0.3, 0.4) is 0 Å². The molecule has 0 aliphatic carbocycles. The van der Waals surface area contributed by atoms with Crippen LogP contribution in [-0.4, -0.2) is 32.8 Å². The van der Waals surface area contributed by atoms with E-state index in [0.29, 0.717) is 0 Å². The minimum Gasteiger partial charge on any atom is -0.370 e. The second-order valence-corrected chi connectivity index (χ2v) is 4.37. The molecular formula is C13H20N6. The van der Waals surface area contributed by atoms with Crippen LogP contribution in [-0.2, 0) is 13.5 Å². The lowest BCUT2D eigenvalue weighted by Gasteiger charge is -2.08. The van der Waals surface area contributed by atoms with Crippen LogP contribution in [0.5, 0.6) is 0 Å². The monoisotopic (exact) mass is 260 g/mol. The van der Waals surface area contributed by atoms with Gasteiger partial charge in [0.05, 0.1) is 0 Å². The number of hydrogen-bond acceptors (Lipinski definition) is 5. The van der Waals surface area contributed by atoms with Crippen molar-refractivity contribution in [3.05, 3.63) is 30.4 Å². The number of nitrogens with zero attached hydrogens (tertiary/aromatic N) is 4. The summed E-state index contributed by atoms with van der Waals surface area (Å²) in [5.74, 6) is 2.75. The van der Waals surface area contributed by atoms with E-state index in [0.717, 1.165) is 43.4 Å². The molecule has 6 heteroatoms. The highest BCUT2D eigenvalue weighted by atomic mass is 15.2. The number of rotatable bonds is 7. The summed E-state index contributed by atoms with van der Waals surface area (Å²) in [7, 11) is 1.95. The van der Waals surface area contributed by atoms with Crippen LogP contribution in [0.25, 0.3) is 0 Å². The number of pyridine rings is 1. The van der Waals surface area contributed by atoms with Crippen LogP contribution in [0.15, 0.2) is 24.5 Å². The highest BCUT2D eigenvalue weighted by Gasteiger charge is 2.01. The molecule has 19 heavy (non-hydrogen) atoms. The summed E-state index contributed by atoms with van der Waals surface area (Å²) in [5, 5.41) is 14.5. The van der Waals surface area contributed by atoms with E-state index in [4.69, 9.17) is 0 Å². The largest absolute Gasteiger partial charge is 0.370 e. The minimum absolute atomic E-state index is 0.788. The number of nitrogens with one attached hydrogen (secondary N) is 2. The quantitative estimate of drug-likeness (QED) is 0.793. The molecular weight excluding hydrogens is 240 g/mol. The first-order valence-corrected chi connectivity index (χ1v) is 6.57. The third-order valence-corrected chi connectivity index (χ3v) is 2.77. The third kappa shape index (κ3) is 3.94. The van der Waals surface area contributed by atoms with Crippen LogP contribution in [0.2, 0.25) is 0 Å². The molecule has 0 bridgehead atoms. The van der Waals surface area contributed by atoms with Gasteiger partial charge in [-0.05, 0) is 18.6 Å². The fourth-order valence-corrected chi connectivity index (χ4v) is 1.72. The first-order valence-electron chi connectivity index (χ1n) is 6.57. The molecule has 0 aromatic carbocycles. The van der Waals surface area contributed by atoms with Crippen molar-refractivity contribution < 1.29 is 0 Å². The van der Waals surface area contributed by atoms with Gasteiger partial charge in [0, 0.05) is 26.6 Å². The summed E-state index contributed by atoms with van der Waals surface area (Å²) < 4.78 is 1.92. The Kier molecular flexibility index (Phi) is 4.72. The molecule has 0 atom stereocenters. The van der Waals surface area contributed by atoms with Gasteiger partial charge in [0.15, 0.2) is 0 Å². The van der Waals surface area contributed by atoms with Crippen LogP contribution in [0, 0.1) is 0 Å². The standard InChI is InChI=1S/C13H20N6/c1-3-8-14-11-5-4-6-12(17-11)15-9-7-13-18-16-10-19(13)2/h4-6,10H,3,7-9H2,1-2H3,(H2,14,15,17). The Bertz CT molecular complexity index is 507. The molecule has 2 aromatic heterocycles. The van der Waals surface area contributed by atoms with E-state index in [1.165, 1.54) is 0 Å². The van der Waals surface area contributed by atoms with E-state index < -0.39 is 0 Å². The maximum atomic E-state index is 4.49. The summed E-state index contributed by atoms with van der Waals surface area (Å²) in [5.41, 5.74) is 0. The Morgan fingerprint density at radius 2 is 1.89 bits per heavy atom. The number of hydrogen-bond donors (Lipinski definition) is 2. The Morgan fingerprint density at radius 1 is 1.16 bits per heavy atom. The Hall–Kier alpha value is -2.11. The Morgan fingerprint density at radius 3 is 2.53 bits per heavy atom. The predicted octanol–water partition coefficient (Wildman–Crippen LogP) is 1.69. The minimum atomic E-state index is 0.788. The van der Waals surface area contributed by atoms with Crippen LogP contribution < -0.4 is 10.6 Å². The van der Waals surface area contributed by atoms with Crippen molar-refractivity contribution in [2.24, 2.45) is 7.05 Å². The van der Waals surface area contributed by atoms with Crippen molar-refractivity contribution in [2.45, 2.75) is 19.8 Å². The predicted molar refractivity (Wildman–Crippen MR) is 76.2 cm³/mol. The number of aromatic nitrogens is 4. The molecule has 102 valence electrons. The highest BCUT2D eigenvalue weighted by molar-refractivity contribution is 5.45. The van der Waals surface area contributed by atoms with Gasteiger partial charge < -0.3 is 15.2 Å².